The summed E-state index contributed by atoms with van der Waals surface area (Å²) in [4.78, 5) is 12.2. The van der Waals surface area contributed by atoms with Gasteiger partial charge in [-0.25, -0.2) is 4.39 Å². The van der Waals surface area contributed by atoms with E-state index in [0.717, 1.165) is 5.56 Å². The Hall–Kier alpha value is -2.16. The smallest absolute Gasteiger partial charge is 0.170 e. The molecule has 0 aliphatic carbocycles. The van der Waals surface area contributed by atoms with Crippen molar-refractivity contribution >= 4 is 5.78 Å². The van der Waals surface area contributed by atoms with E-state index in [4.69, 9.17) is 4.74 Å². The summed E-state index contributed by atoms with van der Waals surface area (Å²) >= 11 is 0. The SMILES string of the molecule is CC(C)COc1ccc(F)c(C(=O)Cc2ccccc2)c1. The molecule has 0 radical (unpaired) electrons. The Morgan fingerprint density at radius 3 is 2.52 bits per heavy atom. The molecule has 0 saturated carbocycles. The maximum absolute atomic E-state index is 13.8. The summed E-state index contributed by atoms with van der Waals surface area (Å²) in [6.45, 7) is 4.61. The summed E-state index contributed by atoms with van der Waals surface area (Å²) in [6.07, 6.45) is 0.186. The summed E-state index contributed by atoms with van der Waals surface area (Å²) in [5.74, 6) is 0.154. The van der Waals surface area contributed by atoms with Crippen molar-refractivity contribution in [3.63, 3.8) is 0 Å². The largest absolute Gasteiger partial charge is 0.493 e. The van der Waals surface area contributed by atoms with Crippen LogP contribution in [-0.2, 0) is 6.42 Å². The maximum Gasteiger partial charge on any atom is 0.170 e. The third kappa shape index (κ3) is 4.42. The zero-order valence-corrected chi connectivity index (χ0v) is 12.3. The lowest BCUT2D eigenvalue weighted by atomic mass is 10.0. The van der Waals surface area contributed by atoms with Crippen molar-refractivity contribution in [1.82, 2.24) is 0 Å². The zero-order valence-electron chi connectivity index (χ0n) is 12.3. The predicted octanol–water partition coefficient (Wildman–Crippen LogP) is 4.29. The molecule has 0 aliphatic rings. The first-order chi connectivity index (χ1) is 10.1. The lowest BCUT2D eigenvalue weighted by Gasteiger charge is -2.10. The molecule has 2 nitrogen and oxygen atoms in total. The normalized spacial score (nSPS) is 10.7. The number of Topliss-reactive ketones (excluding diaryl/α,β-unsaturated/α-hetero) is 1. The Morgan fingerprint density at radius 2 is 1.86 bits per heavy atom. The van der Waals surface area contributed by atoms with Gasteiger partial charge in [-0.15, -0.1) is 0 Å². The van der Waals surface area contributed by atoms with Crippen LogP contribution < -0.4 is 4.74 Å². The van der Waals surface area contributed by atoms with Gasteiger partial charge in [0.2, 0.25) is 0 Å². The van der Waals surface area contributed by atoms with E-state index in [9.17, 15) is 9.18 Å². The first-order valence-corrected chi connectivity index (χ1v) is 7.05. The van der Waals surface area contributed by atoms with Gasteiger partial charge >= 0.3 is 0 Å². The van der Waals surface area contributed by atoms with E-state index >= 15 is 0 Å². The lowest BCUT2D eigenvalue weighted by Crippen LogP contribution is -2.08. The summed E-state index contributed by atoms with van der Waals surface area (Å²) < 4.78 is 19.4. The second-order valence-corrected chi connectivity index (χ2v) is 5.43. The van der Waals surface area contributed by atoms with Gasteiger partial charge in [0.05, 0.1) is 12.2 Å². The number of ether oxygens (including phenoxy) is 1. The predicted molar refractivity (Wildman–Crippen MR) is 81.2 cm³/mol. The van der Waals surface area contributed by atoms with Crippen LogP contribution >= 0.6 is 0 Å². The topological polar surface area (TPSA) is 26.3 Å². The van der Waals surface area contributed by atoms with Crippen LogP contribution in [-0.4, -0.2) is 12.4 Å². The first kappa shape index (κ1) is 15.2. The summed E-state index contributed by atoms with van der Waals surface area (Å²) in [5, 5.41) is 0. The molecule has 110 valence electrons. The van der Waals surface area contributed by atoms with Crippen molar-refractivity contribution in [2.45, 2.75) is 20.3 Å². The highest BCUT2D eigenvalue weighted by molar-refractivity contribution is 5.98. The number of carbonyl (C=O) groups is 1. The molecule has 3 heteroatoms. The fourth-order valence-electron chi connectivity index (χ4n) is 1.95. The Labute approximate surface area is 124 Å². The molecule has 0 unspecified atom stereocenters. The molecule has 0 aliphatic heterocycles. The molecule has 0 fully saturated rings. The van der Waals surface area contributed by atoms with Crippen LogP contribution in [0.3, 0.4) is 0 Å². The van der Waals surface area contributed by atoms with Crippen LogP contribution in [0.25, 0.3) is 0 Å². The lowest BCUT2D eigenvalue weighted by molar-refractivity contribution is 0.0988. The minimum atomic E-state index is -0.507. The van der Waals surface area contributed by atoms with E-state index < -0.39 is 5.82 Å². The average molecular weight is 286 g/mol. The van der Waals surface area contributed by atoms with E-state index in [0.29, 0.717) is 18.3 Å². The molecule has 2 rings (SSSR count). The Morgan fingerprint density at radius 1 is 1.14 bits per heavy atom. The van der Waals surface area contributed by atoms with Crippen LogP contribution in [0.5, 0.6) is 5.75 Å². The summed E-state index contributed by atoms with van der Waals surface area (Å²) in [5.41, 5.74) is 0.954. The van der Waals surface area contributed by atoms with Crippen molar-refractivity contribution in [3.8, 4) is 5.75 Å². The van der Waals surface area contributed by atoms with Crippen LogP contribution in [0.15, 0.2) is 48.5 Å². The highest BCUT2D eigenvalue weighted by atomic mass is 19.1. The number of carbonyl (C=O) groups excluding carboxylic acids is 1. The number of rotatable bonds is 6. The van der Waals surface area contributed by atoms with Crippen LogP contribution in [0, 0.1) is 11.7 Å². The summed E-state index contributed by atoms with van der Waals surface area (Å²) in [7, 11) is 0. The van der Waals surface area contributed by atoms with Gasteiger partial charge in [0.15, 0.2) is 5.78 Å². The van der Waals surface area contributed by atoms with E-state index in [1.807, 2.05) is 44.2 Å². The molecular weight excluding hydrogens is 267 g/mol. The third-order valence-electron chi connectivity index (χ3n) is 3.03. The number of hydrogen-bond acceptors (Lipinski definition) is 2. The van der Waals surface area contributed by atoms with Crippen LogP contribution in [0.4, 0.5) is 4.39 Å². The molecule has 0 atom stereocenters. The molecule has 0 bridgehead atoms. The van der Waals surface area contributed by atoms with Crippen LogP contribution in [0.1, 0.15) is 29.8 Å². The molecule has 0 heterocycles. The Kier molecular flexibility index (Phi) is 5.09. The molecule has 21 heavy (non-hydrogen) atoms. The minimum absolute atomic E-state index is 0.0834. The number of benzene rings is 2. The van der Waals surface area contributed by atoms with E-state index in [2.05, 4.69) is 0 Å². The highest BCUT2D eigenvalue weighted by Crippen LogP contribution is 2.19. The monoisotopic (exact) mass is 286 g/mol. The van der Waals surface area contributed by atoms with Crippen molar-refractivity contribution in [1.29, 1.82) is 0 Å². The average Bonchev–Trinajstić information content (AvgIpc) is 2.47. The van der Waals surface area contributed by atoms with E-state index in [-0.39, 0.29) is 17.8 Å². The van der Waals surface area contributed by atoms with Gasteiger partial charge < -0.3 is 4.74 Å². The van der Waals surface area contributed by atoms with Gasteiger partial charge in [-0.3, -0.25) is 4.79 Å². The molecule has 2 aromatic carbocycles. The van der Waals surface area contributed by atoms with E-state index in [1.165, 1.54) is 12.1 Å². The second-order valence-electron chi connectivity index (χ2n) is 5.43. The van der Waals surface area contributed by atoms with Gasteiger partial charge in [0, 0.05) is 6.42 Å². The standard InChI is InChI=1S/C18H19FO2/c1-13(2)12-21-15-8-9-17(19)16(11-15)18(20)10-14-6-4-3-5-7-14/h3-9,11,13H,10,12H2,1-2H3. The van der Waals surface area contributed by atoms with Crippen molar-refractivity contribution < 1.29 is 13.9 Å². The molecule has 0 N–H and O–H groups in total. The quantitative estimate of drug-likeness (QED) is 0.741. The molecule has 0 saturated heterocycles. The minimum Gasteiger partial charge on any atom is -0.493 e. The Balaban J connectivity index is 2.14. The van der Waals surface area contributed by atoms with Gasteiger partial charge in [-0.05, 0) is 29.7 Å². The molecule has 2 aromatic rings. The van der Waals surface area contributed by atoms with Crippen molar-refractivity contribution in [3.05, 3.63) is 65.5 Å². The van der Waals surface area contributed by atoms with Gasteiger partial charge in [-0.1, -0.05) is 44.2 Å². The maximum atomic E-state index is 13.8. The fraction of sp³-hybridized carbons (Fsp3) is 0.278. The first-order valence-electron chi connectivity index (χ1n) is 7.05. The third-order valence-corrected chi connectivity index (χ3v) is 3.03. The Bertz CT molecular complexity index is 606. The van der Waals surface area contributed by atoms with Gasteiger partial charge in [-0.2, -0.15) is 0 Å². The number of ketones is 1. The fourth-order valence-corrected chi connectivity index (χ4v) is 1.95. The van der Waals surface area contributed by atoms with Crippen LogP contribution in [0.2, 0.25) is 0 Å². The summed E-state index contributed by atoms with van der Waals surface area (Å²) in [6, 6.07) is 13.6. The van der Waals surface area contributed by atoms with Crippen molar-refractivity contribution in [2.75, 3.05) is 6.61 Å². The molecular formula is C18H19FO2. The second kappa shape index (κ2) is 7.02. The highest BCUT2D eigenvalue weighted by Gasteiger charge is 2.14. The molecule has 0 aromatic heterocycles. The van der Waals surface area contributed by atoms with Gasteiger partial charge in [0.25, 0.3) is 0 Å². The molecule has 0 spiro atoms. The van der Waals surface area contributed by atoms with Crippen molar-refractivity contribution in [2.24, 2.45) is 5.92 Å². The van der Waals surface area contributed by atoms with Gasteiger partial charge in [0.1, 0.15) is 11.6 Å². The number of hydrogen-bond donors (Lipinski definition) is 0. The molecule has 0 amide bonds. The zero-order chi connectivity index (χ0) is 15.2. The number of halogens is 1. The van der Waals surface area contributed by atoms with E-state index in [1.54, 1.807) is 6.07 Å².